The summed E-state index contributed by atoms with van der Waals surface area (Å²) >= 11 is 1.84. The smallest absolute Gasteiger partial charge is 0.0954 e. The summed E-state index contributed by atoms with van der Waals surface area (Å²) in [6.45, 7) is 0. The molecular formula is C14H18N2S. The Kier molecular flexibility index (Phi) is 3.12. The molecule has 0 aliphatic heterocycles. The average Bonchev–Trinajstić information content (AvgIpc) is 3.06. The van der Waals surface area contributed by atoms with Gasteiger partial charge in [0.2, 0.25) is 0 Å². The van der Waals surface area contributed by atoms with Crippen molar-refractivity contribution in [2.24, 2.45) is 5.92 Å². The van der Waals surface area contributed by atoms with Crippen LogP contribution in [0.5, 0.6) is 0 Å². The molecule has 90 valence electrons. The van der Waals surface area contributed by atoms with Crippen LogP contribution in [0.2, 0.25) is 0 Å². The first-order valence-corrected chi connectivity index (χ1v) is 7.18. The lowest BCUT2D eigenvalue weighted by Crippen LogP contribution is -2.28. The fourth-order valence-electron chi connectivity index (χ4n) is 2.28. The number of fused-ring (bicyclic) bond motifs is 1. The zero-order chi connectivity index (χ0) is 11.7. The van der Waals surface area contributed by atoms with Crippen molar-refractivity contribution in [1.82, 2.24) is 10.3 Å². The van der Waals surface area contributed by atoms with Gasteiger partial charge in [0.1, 0.15) is 0 Å². The molecule has 1 atom stereocenters. The quantitative estimate of drug-likeness (QED) is 0.876. The van der Waals surface area contributed by atoms with E-state index < -0.39 is 0 Å². The molecule has 1 aromatic carbocycles. The van der Waals surface area contributed by atoms with E-state index in [1.54, 1.807) is 0 Å². The summed E-state index contributed by atoms with van der Waals surface area (Å²) in [6, 6.07) is 9.01. The van der Waals surface area contributed by atoms with Crippen molar-refractivity contribution in [3.8, 4) is 0 Å². The maximum atomic E-state index is 4.71. The van der Waals surface area contributed by atoms with E-state index in [-0.39, 0.29) is 0 Å². The van der Waals surface area contributed by atoms with Crippen LogP contribution in [-0.2, 0) is 6.42 Å². The number of para-hydroxylation sites is 1. The van der Waals surface area contributed by atoms with Gasteiger partial charge in [-0.05, 0) is 31.5 Å². The Hall–Kier alpha value is -0.930. The molecule has 17 heavy (non-hydrogen) atoms. The minimum Gasteiger partial charge on any atom is -0.317 e. The number of nitrogens with zero attached hydrogens (tertiary/aromatic N) is 1. The number of nitrogens with one attached hydrogen (secondary N) is 1. The summed E-state index contributed by atoms with van der Waals surface area (Å²) in [4.78, 5) is 4.71. The van der Waals surface area contributed by atoms with Crippen molar-refractivity contribution in [2.75, 3.05) is 7.05 Å². The largest absolute Gasteiger partial charge is 0.317 e. The third-order valence-corrected chi connectivity index (χ3v) is 4.54. The van der Waals surface area contributed by atoms with E-state index in [9.17, 15) is 0 Å². The van der Waals surface area contributed by atoms with Gasteiger partial charge in [-0.2, -0.15) is 0 Å². The van der Waals surface area contributed by atoms with E-state index in [2.05, 4.69) is 36.6 Å². The zero-order valence-corrected chi connectivity index (χ0v) is 11.0. The van der Waals surface area contributed by atoms with E-state index in [1.165, 1.54) is 29.0 Å². The zero-order valence-electron chi connectivity index (χ0n) is 10.1. The van der Waals surface area contributed by atoms with Gasteiger partial charge in [0, 0.05) is 12.5 Å². The fourth-order valence-corrected chi connectivity index (χ4v) is 3.32. The van der Waals surface area contributed by atoms with Gasteiger partial charge in [-0.3, -0.25) is 0 Å². The number of hydrogen-bond donors (Lipinski definition) is 1. The van der Waals surface area contributed by atoms with E-state index in [0.29, 0.717) is 6.04 Å². The topological polar surface area (TPSA) is 24.9 Å². The molecule has 0 spiro atoms. The maximum absolute atomic E-state index is 4.71. The second-order valence-electron chi connectivity index (χ2n) is 4.94. The number of hydrogen-bond acceptors (Lipinski definition) is 3. The Morgan fingerprint density at radius 1 is 1.41 bits per heavy atom. The summed E-state index contributed by atoms with van der Waals surface area (Å²) in [7, 11) is 2.07. The Labute approximate surface area is 106 Å². The second kappa shape index (κ2) is 4.75. The highest BCUT2D eigenvalue weighted by molar-refractivity contribution is 7.18. The molecule has 1 fully saturated rings. The molecular weight excluding hydrogens is 228 g/mol. The van der Waals surface area contributed by atoms with E-state index in [4.69, 9.17) is 4.98 Å². The van der Waals surface area contributed by atoms with Gasteiger partial charge in [-0.25, -0.2) is 4.98 Å². The lowest BCUT2D eigenvalue weighted by Gasteiger charge is -2.13. The van der Waals surface area contributed by atoms with E-state index >= 15 is 0 Å². The molecule has 2 nitrogen and oxygen atoms in total. The highest BCUT2D eigenvalue weighted by Crippen LogP contribution is 2.34. The molecule has 0 radical (unpaired) electrons. The highest BCUT2D eigenvalue weighted by atomic mass is 32.1. The second-order valence-corrected chi connectivity index (χ2v) is 6.06. The highest BCUT2D eigenvalue weighted by Gasteiger charge is 2.25. The molecule has 1 heterocycles. The van der Waals surface area contributed by atoms with E-state index in [0.717, 1.165) is 17.9 Å². The summed E-state index contributed by atoms with van der Waals surface area (Å²) in [5, 5.41) is 4.70. The van der Waals surface area contributed by atoms with Gasteiger partial charge in [0.25, 0.3) is 0 Å². The molecule has 0 bridgehead atoms. The third-order valence-electron chi connectivity index (χ3n) is 3.48. The fraction of sp³-hybridized carbons (Fsp3) is 0.500. The first-order valence-electron chi connectivity index (χ1n) is 6.37. The first kappa shape index (κ1) is 11.2. The number of aromatic nitrogens is 1. The summed E-state index contributed by atoms with van der Waals surface area (Å²) in [5.74, 6) is 0.974. The molecule has 1 unspecified atom stereocenters. The van der Waals surface area contributed by atoms with Gasteiger partial charge in [-0.1, -0.05) is 25.0 Å². The van der Waals surface area contributed by atoms with Gasteiger partial charge >= 0.3 is 0 Å². The van der Waals surface area contributed by atoms with Crippen LogP contribution in [0.4, 0.5) is 0 Å². The van der Waals surface area contributed by atoms with Crippen LogP contribution in [-0.4, -0.2) is 18.1 Å². The van der Waals surface area contributed by atoms with Crippen LogP contribution >= 0.6 is 11.3 Å². The number of benzene rings is 1. The van der Waals surface area contributed by atoms with Crippen LogP contribution in [0.15, 0.2) is 24.3 Å². The predicted molar refractivity (Wildman–Crippen MR) is 73.5 cm³/mol. The molecule has 2 aromatic rings. The van der Waals surface area contributed by atoms with Crippen molar-refractivity contribution in [2.45, 2.75) is 31.7 Å². The van der Waals surface area contributed by atoms with Crippen molar-refractivity contribution in [3.63, 3.8) is 0 Å². The van der Waals surface area contributed by atoms with Crippen molar-refractivity contribution < 1.29 is 0 Å². The summed E-state index contributed by atoms with van der Waals surface area (Å²) in [5.41, 5.74) is 1.15. The molecule has 0 saturated heterocycles. The molecule has 1 aromatic heterocycles. The van der Waals surface area contributed by atoms with Crippen molar-refractivity contribution in [1.29, 1.82) is 0 Å². The van der Waals surface area contributed by atoms with E-state index in [1.807, 2.05) is 11.3 Å². The van der Waals surface area contributed by atoms with Crippen LogP contribution in [0, 0.1) is 5.92 Å². The van der Waals surface area contributed by atoms with Crippen LogP contribution < -0.4 is 5.32 Å². The molecule has 3 heteroatoms. The van der Waals surface area contributed by atoms with Crippen LogP contribution in [0.3, 0.4) is 0 Å². The number of thiazole rings is 1. The maximum Gasteiger partial charge on any atom is 0.0954 e. The monoisotopic (exact) mass is 246 g/mol. The van der Waals surface area contributed by atoms with Crippen molar-refractivity contribution >= 4 is 21.6 Å². The Morgan fingerprint density at radius 2 is 2.24 bits per heavy atom. The minimum atomic E-state index is 0.600. The molecule has 3 rings (SSSR count). The first-order chi connectivity index (χ1) is 8.35. The van der Waals surface area contributed by atoms with Gasteiger partial charge < -0.3 is 5.32 Å². The molecule has 1 N–H and O–H groups in total. The Balaban J connectivity index is 1.73. The molecule has 1 saturated carbocycles. The lowest BCUT2D eigenvalue weighted by atomic mass is 10.1. The number of rotatable bonds is 5. The van der Waals surface area contributed by atoms with Gasteiger partial charge in [-0.15, -0.1) is 11.3 Å². The normalized spacial score (nSPS) is 17.5. The standard InChI is InChI=1S/C14H18N2S/c1-15-11(8-10-6-7-10)9-14-16-12-4-2-3-5-13(12)17-14/h2-5,10-11,15H,6-9H2,1H3. The third kappa shape index (κ3) is 2.67. The number of likely N-dealkylation sites (N-methyl/N-ethyl adjacent to an activating group) is 1. The minimum absolute atomic E-state index is 0.600. The van der Waals surface area contributed by atoms with Crippen LogP contribution in [0.1, 0.15) is 24.3 Å². The molecule has 1 aliphatic rings. The van der Waals surface area contributed by atoms with Gasteiger partial charge in [0.05, 0.1) is 15.2 Å². The SMILES string of the molecule is CNC(Cc1nc2ccccc2s1)CC1CC1. The molecule has 0 amide bonds. The lowest BCUT2D eigenvalue weighted by molar-refractivity contribution is 0.490. The average molecular weight is 246 g/mol. The molecule has 1 aliphatic carbocycles. The summed E-state index contributed by atoms with van der Waals surface area (Å²) < 4.78 is 1.31. The van der Waals surface area contributed by atoms with Crippen LogP contribution in [0.25, 0.3) is 10.2 Å². The summed E-state index contributed by atoms with van der Waals surface area (Å²) in [6.07, 6.45) is 5.24. The predicted octanol–water partition coefficient (Wildman–Crippen LogP) is 3.23. The van der Waals surface area contributed by atoms with Crippen molar-refractivity contribution in [3.05, 3.63) is 29.3 Å². The Bertz CT molecular complexity index is 469. The Morgan fingerprint density at radius 3 is 2.94 bits per heavy atom. The van der Waals surface area contributed by atoms with Gasteiger partial charge in [0.15, 0.2) is 0 Å².